The highest BCUT2D eigenvalue weighted by molar-refractivity contribution is 5.86. The quantitative estimate of drug-likeness (QED) is 0.707. The Bertz CT molecular complexity index is 306. The summed E-state index contributed by atoms with van der Waals surface area (Å²) in [6, 6.07) is 0.0337. The maximum atomic E-state index is 12.0. The predicted molar refractivity (Wildman–Crippen MR) is 57.7 cm³/mol. The van der Waals surface area contributed by atoms with Crippen LogP contribution in [-0.4, -0.2) is 49.1 Å². The highest BCUT2D eigenvalue weighted by Gasteiger charge is 2.43. The normalized spacial score (nSPS) is 30.9. The van der Waals surface area contributed by atoms with Crippen LogP contribution in [0.4, 0.5) is 0 Å². The van der Waals surface area contributed by atoms with Gasteiger partial charge < -0.3 is 15.0 Å². The molecule has 0 saturated carbocycles. The van der Waals surface area contributed by atoms with Crippen LogP contribution < -0.4 is 5.32 Å². The molecule has 3 atom stereocenters. The molecule has 5 heteroatoms. The van der Waals surface area contributed by atoms with Crippen molar-refractivity contribution in [3.05, 3.63) is 0 Å². The van der Waals surface area contributed by atoms with E-state index in [0.717, 1.165) is 19.4 Å². The first-order chi connectivity index (χ1) is 7.65. The van der Waals surface area contributed by atoms with E-state index in [1.54, 1.807) is 11.8 Å². The average molecular weight is 226 g/mol. The van der Waals surface area contributed by atoms with Crippen molar-refractivity contribution in [2.75, 3.05) is 20.2 Å². The van der Waals surface area contributed by atoms with Gasteiger partial charge in [-0.25, -0.2) is 0 Å². The molecule has 0 bridgehead atoms. The van der Waals surface area contributed by atoms with Crippen molar-refractivity contribution in [1.29, 1.82) is 0 Å². The first-order valence-electron chi connectivity index (χ1n) is 5.76. The van der Waals surface area contributed by atoms with Crippen LogP contribution in [0.1, 0.15) is 19.8 Å². The van der Waals surface area contributed by atoms with Gasteiger partial charge in [-0.2, -0.15) is 0 Å². The molecule has 2 amide bonds. The summed E-state index contributed by atoms with van der Waals surface area (Å²) in [7, 11) is 1.53. The van der Waals surface area contributed by atoms with Crippen molar-refractivity contribution < 1.29 is 14.3 Å². The fraction of sp³-hybridized carbons (Fsp3) is 0.818. The Labute approximate surface area is 95.1 Å². The predicted octanol–water partition coefficient (Wildman–Crippen LogP) is -0.242. The SMILES string of the molecule is COC(C)C(=O)N1CCCC2C(=O)NCC21. The number of carbonyl (C=O) groups is 2. The number of piperidine rings is 1. The number of ether oxygens (including phenoxy) is 1. The average Bonchev–Trinajstić information content (AvgIpc) is 2.69. The van der Waals surface area contributed by atoms with E-state index in [9.17, 15) is 9.59 Å². The maximum absolute atomic E-state index is 12.0. The molecule has 90 valence electrons. The largest absolute Gasteiger partial charge is 0.372 e. The Hall–Kier alpha value is -1.10. The van der Waals surface area contributed by atoms with Crippen LogP contribution in [0.25, 0.3) is 0 Å². The molecule has 0 aliphatic carbocycles. The minimum atomic E-state index is -0.422. The minimum absolute atomic E-state index is 0.00583. The third-order valence-corrected chi connectivity index (χ3v) is 3.59. The molecular weight excluding hydrogens is 208 g/mol. The number of fused-ring (bicyclic) bond motifs is 1. The molecule has 2 fully saturated rings. The number of carbonyl (C=O) groups excluding carboxylic acids is 2. The Kier molecular flexibility index (Phi) is 3.14. The van der Waals surface area contributed by atoms with Gasteiger partial charge in [0.25, 0.3) is 5.91 Å². The van der Waals surface area contributed by atoms with Gasteiger partial charge in [-0.3, -0.25) is 9.59 Å². The van der Waals surface area contributed by atoms with E-state index in [1.165, 1.54) is 7.11 Å². The van der Waals surface area contributed by atoms with Gasteiger partial charge in [0.2, 0.25) is 5.91 Å². The van der Waals surface area contributed by atoms with Gasteiger partial charge in [-0.1, -0.05) is 0 Å². The molecule has 3 unspecified atom stereocenters. The Morgan fingerprint density at radius 3 is 3.06 bits per heavy atom. The van der Waals surface area contributed by atoms with Gasteiger partial charge in [0.15, 0.2) is 0 Å². The highest BCUT2D eigenvalue weighted by Crippen LogP contribution is 2.27. The zero-order valence-electron chi connectivity index (χ0n) is 9.73. The molecule has 2 aliphatic rings. The second-order valence-corrected chi connectivity index (χ2v) is 4.47. The van der Waals surface area contributed by atoms with Gasteiger partial charge in [0.05, 0.1) is 12.0 Å². The molecule has 0 aromatic carbocycles. The second-order valence-electron chi connectivity index (χ2n) is 4.47. The van der Waals surface area contributed by atoms with Crippen molar-refractivity contribution in [1.82, 2.24) is 10.2 Å². The van der Waals surface area contributed by atoms with E-state index in [0.29, 0.717) is 6.54 Å². The number of amides is 2. The molecule has 16 heavy (non-hydrogen) atoms. The summed E-state index contributed by atoms with van der Waals surface area (Å²) in [6.07, 6.45) is 1.37. The van der Waals surface area contributed by atoms with Crippen LogP contribution in [0.15, 0.2) is 0 Å². The molecule has 0 spiro atoms. The maximum Gasteiger partial charge on any atom is 0.251 e. The summed E-state index contributed by atoms with van der Waals surface area (Å²) in [6.45, 7) is 3.07. The van der Waals surface area contributed by atoms with Crippen LogP contribution in [0.5, 0.6) is 0 Å². The summed E-state index contributed by atoms with van der Waals surface area (Å²) in [4.78, 5) is 25.4. The van der Waals surface area contributed by atoms with Crippen LogP contribution in [-0.2, 0) is 14.3 Å². The van der Waals surface area contributed by atoms with Crippen LogP contribution >= 0.6 is 0 Å². The van der Waals surface area contributed by atoms with E-state index in [4.69, 9.17) is 4.74 Å². The first-order valence-corrected chi connectivity index (χ1v) is 5.76. The monoisotopic (exact) mass is 226 g/mol. The summed E-state index contributed by atoms with van der Waals surface area (Å²) in [5.74, 6) is 0.0722. The topological polar surface area (TPSA) is 58.6 Å². The number of hydrogen-bond acceptors (Lipinski definition) is 3. The molecule has 5 nitrogen and oxygen atoms in total. The Balaban J connectivity index is 2.10. The van der Waals surface area contributed by atoms with Crippen molar-refractivity contribution in [2.24, 2.45) is 5.92 Å². The van der Waals surface area contributed by atoms with Gasteiger partial charge >= 0.3 is 0 Å². The third-order valence-electron chi connectivity index (χ3n) is 3.59. The molecule has 0 aromatic heterocycles. The lowest BCUT2D eigenvalue weighted by atomic mass is 9.91. The number of nitrogens with one attached hydrogen (secondary N) is 1. The minimum Gasteiger partial charge on any atom is -0.372 e. The highest BCUT2D eigenvalue weighted by atomic mass is 16.5. The molecule has 2 saturated heterocycles. The smallest absolute Gasteiger partial charge is 0.251 e. The lowest BCUT2D eigenvalue weighted by Gasteiger charge is -2.37. The number of hydrogen-bond donors (Lipinski definition) is 1. The van der Waals surface area contributed by atoms with Crippen LogP contribution in [0.3, 0.4) is 0 Å². The summed E-state index contributed by atoms with van der Waals surface area (Å²) in [5, 5.41) is 2.83. The number of likely N-dealkylation sites (tertiary alicyclic amines) is 1. The van der Waals surface area contributed by atoms with E-state index in [2.05, 4.69) is 5.32 Å². The van der Waals surface area contributed by atoms with Crippen LogP contribution in [0.2, 0.25) is 0 Å². The molecular formula is C11H18N2O3. The second kappa shape index (κ2) is 4.41. The van der Waals surface area contributed by atoms with Gasteiger partial charge in [-0.05, 0) is 19.8 Å². The Morgan fingerprint density at radius 1 is 1.62 bits per heavy atom. The molecule has 0 radical (unpaired) electrons. The summed E-state index contributed by atoms with van der Waals surface area (Å²) in [5.41, 5.74) is 0. The zero-order chi connectivity index (χ0) is 11.7. The standard InChI is InChI=1S/C11H18N2O3/c1-7(16-2)11(15)13-5-3-4-8-9(13)6-12-10(8)14/h7-9H,3-6H2,1-2H3,(H,12,14). The van der Waals surface area contributed by atoms with E-state index < -0.39 is 6.10 Å². The molecule has 2 heterocycles. The molecule has 0 aromatic rings. The van der Waals surface area contributed by atoms with Crippen molar-refractivity contribution in [3.8, 4) is 0 Å². The number of nitrogens with zero attached hydrogens (tertiary/aromatic N) is 1. The number of methoxy groups -OCH3 is 1. The Morgan fingerprint density at radius 2 is 2.38 bits per heavy atom. The van der Waals surface area contributed by atoms with E-state index >= 15 is 0 Å². The van der Waals surface area contributed by atoms with Crippen molar-refractivity contribution in [3.63, 3.8) is 0 Å². The van der Waals surface area contributed by atoms with Gasteiger partial charge in [-0.15, -0.1) is 0 Å². The fourth-order valence-corrected chi connectivity index (χ4v) is 2.56. The number of rotatable bonds is 2. The van der Waals surface area contributed by atoms with Crippen LogP contribution in [0, 0.1) is 5.92 Å². The zero-order valence-corrected chi connectivity index (χ0v) is 9.73. The summed E-state index contributed by atoms with van der Waals surface area (Å²) >= 11 is 0. The van der Waals surface area contributed by atoms with Crippen molar-refractivity contribution in [2.45, 2.75) is 31.9 Å². The lowest BCUT2D eigenvalue weighted by Crippen LogP contribution is -2.51. The van der Waals surface area contributed by atoms with Gasteiger partial charge in [0.1, 0.15) is 6.10 Å². The fourth-order valence-electron chi connectivity index (χ4n) is 2.56. The molecule has 1 N–H and O–H groups in total. The lowest BCUT2D eigenvalue weighted by molar-refractivity contribution is -0.146. The molecule has 2 aliphatic heterocycles. The van der Waals surface area contributed by atoms with E-state index in [-0.39, 0.29) is 23.8 Å². The van der Waals surface area contributed by atoms with Crippen molar-refractivity contribution >= 4 is 11.8 Å². The summed E-state index contributed by atoms with van der Waals surface area (Å²) < 4.78 is 5.04. The molecule has 2 rings (SSSR count). The van der Waals surface area contributed by atoms with E-state index in [1.807, 2.05) is 0 Å². The first kappa shape index (κ1) is 11.4. The van der Waals surface area contributed by atoms with Gasteiger partial charge in [0, 0.05) is 20.2 Å². The third kappa shape index (κ3) is 1.80.